The molecule has 0 aliphatic heterocycles. The van der Waals surface area contributed by atoms with Gasteiger partial charge in [0.05, 0.1) is 12.8 Å². The number of hydrogen-bond donors (Lipinski definition) is 1. The second-order valence-electron chi connectivity index (χ2n) is 6.63. The third kappa shape index (κ3) is 3.91. The van der Waals surface area contributed by atoms with Crippen molar-refractivity contribution < 1.29 is 4.42 Å². The van der Waals surface area contributed by atoms with Crippen LogP contribution in [0, 0.1) is 6.92 Å². The van der Waals surface area contributed by atoms with E-state index in [0.717, 1.165) is 27.9 Å². The summed E-state index contributed by atoms with van der Waals surface area (Å²) in [6.45, 7) is 3.06. The van der Waals surface area contributed by atoms with Crippen LogP contribution in [0.25, 0.3) is 10.9 Å². The van der Waals surface area contributed by atoms with Gasteiger partial charge in [0.2, 0.25) is 0 Å². The van der Waals surface area contributed by atoms with E-state index in [-0.39, 0.29) is 5.56 Å². The number of aromatic nitrogens is 1. The van der Waals surface area contributed by atoms with E-state index in [2.05, 4.69) is 16.0 Å². The Labute approximate surface area is 162 Å². The van der Waals surface area contributed by atoms with Crippen molar-refractivity contribution in [3.8, 4) is 0 Å². The van der Waals surface area contributed by atoms with Gasteiger partial charge in [-0.1, -0.05) is 23.2 Å². The molecule has 0 aliphatic rings. The molecule has 136 valence electrons. The van der Waals surface area contributed by atoms with E-state index < -0.39 is 0 Å². The highest BCUT2D eigenvalue weighted by Gasteiger charge is 2.13. The number of anilines is 1. The lowest BCUT2D eigenvalue weighted by molar-refractivity contribution is 0.501. The molecule has 0 amide bonds. The van der Waals surface area contributed by atoms with Crippen LogP contribution in [0.15, 0.2) is 76.1 Å². The van der Waals surface area contributed by atoms with Crippen molar-refractivity contribution >= 4 is 28.2 Å². The number of H-pyrrole nitrogens is 1. The predicted molar refractivity (Wildman–Crippen MR) is 109 cm³/mol. The van der Waals surface area contributed by atoms with Crippen LogP contribution in [0.5, 0.6) is 0 Å². The quantitative estimate of drug-likeness (QED) is 0.513. The summed E-state index contributed by atoms with van der Waals surface area (Å²) in [5.41, 5.74) is 3.60. The Bertz CT molecular complexity index is 1120. The summed E-state index contributed by atoms with van der Waals surface area (Å²) in [7, 11) is 0. The zero-order valence-electron chi connectivity index (χ0n) is 14.9. The summed E-state index contributed by atoms with van der Waals surface area (Å²) >= 11 is 6.03. The van der Waals surface area contributed by atoms with Gasteiger partial charge in [-0.2, -0.15) is 0 Å². The van der Waals surface area contributed by atoms with Gasteiger partial charge >= 0.3 is 0 Å². The van der Waals surface area contributed by atoms with Crippen LogP contribution in [-0.2, 0) is 13.1 Å². The summed E-state index contributed by atoms with van der Waals surface area (Å²) in [6, 6.07) is 19.4. The van der Waals surface area contributed by atoms with Gasteiger partial charge in [0.15, 0.2) is 0 Å². The molecule has 0 atom stereocenters. The molecule has 4 nitrogen and oxygen atoms in total. The summed E-state index contributed by atoms with van der Waals surface area (Å²) in [5.74, 6) is 0.831. The first-order valence-electron chi connectivity index (χ1n) is 8.74. The first kappa shape index (κ1) is 17.4. The van der Waals surface area contributed by atoms with Gasteiger partial charge in [-0.3, -0.25) is 4.79 Å². The topological polar surface area (TPSA) is 49.2 Å². The fourth-order valence-corrected chi connectivity index (χ4v) is 3.30. The van der Waals surface area contributed by atoms with E-state index in [0.29, 0.717) is 23.7 Å². The molecule has 0 radical (unpaired) electrons. The Kier molecular flexibility index (Phi) is 4.73. The van der Waals surface area contributed by atoms with Crippen LogP contribution < -0.4 is 10.5 Å². The molecule has 4 rings (SSSR count). The predicted octanol–water partition coefficient (Wildman–Crippen LogP) is 5.29. The van der Waals surface area contributed by atoms with Crippen molar-refractivity contribution in [2.45, 2.75) is 20.0 Å². The molecule has 5 heteroatoms. The summed E-state index contributed by atoms with van der Waals surface area (Å²) in [4.78, 5) is 17.7. The third-order valence-electron chi connectivity index (χ3n) is 4.56. The molecule has 2 heterocycles. The maximum atomic E-state index is 12.6. The maximum Gasteiger partial charge on any atom is 0.253 e. The summed E-state index contributed by atoms with van der Waals surface area (Å²) in [5, 5.41) is 1.70. The van der Waals surface area contributed by atoms with Gasteiger partial charge in [-0.25, -0.2) is 0 Å². The normalized spacial score (nSPS) is 11.0. The van der Waals surface area contributed by atoms with Gasteiger partial charge in [0.1, 0.15) is 5.76 Å². The average Bonchev–Trinajstić information content (AvgIpc) is 3.16. The molecule has 0 fully saturated rings. The minimum absolute atomic E-state index is 0.0789. The average molecular weight is 379 g/mol. The lowest BCUT2D eigenvalue weighted by Crippen LogP contribution is -2.26. The van der Waals surface area contributed by atoms with Crippen molar-refractivity contribution in [1.82, 2.24) is 4.98 Å². The number of furan rings is 1. The van der Waals surface area contributed by atoms with E-state index in [1.54, 1.807) is 6.26 Å². The second kappa shape index (κ2) is 7.33. The molecule has 0 bridgehead atoms. The number of rotatable bonds is 5. The van der Waals surface area contributed by atoms with E-state index in [1.165, 1.54) is 0 Å². The minimum atomic E-state index is -0.0789. The highest BCUT2D eigenvalue weighted by Crippen LogP contribution is 2.23. The van der Waals surface area contributed by atoms with Gasteiger partial charge < -0.3 is 14.3 Å². The zero-order chi connectivity index (χ0) is 18.8. The fraction of sp³-hybridized carbons (Fsp3) is 0.136. The van der Waals surface area contributed by atoms with Crippen molar-refractivity contribution in [2.75, 3.05) is 4.90 Å². The van der Waals surface area contributed by atoms with Gasteiger partial charge in [-0.05, 0) is 66.9 Å². The second-order valence-corrected chi connectivity index (χ2v) is 7.06. The van der Waals surface area contributed by atoms with Crippen molar-refractivity contribution in [3.05, 3.63) is 99.2 Å². The summed E-state index contributed by atoms with van der Waals surface area (Å²) in [6.07, 6.45) is 1.65. The highest BCUT2D eigenvalue weighted by molar-refractivity contribution is 6.30. The molecule has 0 unspecified atom stereocenters. The zero-order valence-corrected chi connectivity index (χ0v) is 15.7. The first-order chi connectivity index (χ1) is 13.1. The Hall–Kier alpha value is -2.98. The van der Waals surface area contributed by atoms with E-state index in [4.69, 9.17) is 16.0 Å². The number of hydrogen-bond acceptors (Lipinski definition) is 3. The molecule has 27 heavy (non-hydrogen) atoms. The van der Waals surface area contributed by atoms with Crippen LogP contribution in [0.4, 0.5) is 5.69 Å². The number of aromatic amines is 1. The van der Waals surface area contributed by atoms with E-state index in [1.807, 2.05) is 61.5 Å². The van der Waals surface area contributed by atoms with Crippen LogP contribution >= 0.6 is 11.6 Å². The molecule has 0 saturated carbocycles. The van der Waals surface area contributed by atoms with Crippen LogP contribution in [0.2, 0.25) is 5.02 Å². The fourth-order valence-electron chi connectivity index (χ4n) is 3.18. The smallest absolute Gasteiger partial charge is 0.253 e. The number of nitrogens with zero attached hydrogens (tertiary/aromatic N) is 1. The van der Waals surface area contributed by atoms with Gasteiger partial charge in [0.25, 0.3) is 5.56 Å². The maximum absolute atomic E-state index is 12.6. The molecular weight excluding hydrogens is 360 g/mol. The number of fused-ring (bicyclic) bond motifs is 1. The van der Waals surface area contributed by atoms with Crippen LogP contribution in [-0.4, -0.2) is 4.98 Å². The van der Waals surface area contributed by atoms with E-state index in [9.17, 15) is 4.79 Å². The number of halogens is 1. The molecule has 0 spiro atoms. The Morgan fingerprint density at radius 3 is 2.59 bits per heavy atom. The van der Waals surface area contributed by atoms with Crippen LogP contribution in [0.1, 0.15) is 16.9 Å². The number of aryl methyl sites for hydroxylation is 1. The highest BCUT2D eigenvalue weighted by atomic mass is 35.5. The molecule has 4 aromatic rings. The molecular formula is C22H19ClN2O2. The van der Waals surface area contributed by atoms with Crippen molar-refractivity contribution in [2.24, 2.45) is 0 Å². The largest absolute Gasteiger partial charge is 0.467 e. The van der Waals surface area contributed by atoms with Gasteiger partial charge in [-0.15, -0.1) is 0 Å². The lowest BCUT2D eigenvalue weighted by atomic mass is 10.1. The lowest BCUT2D eigenvalue weighted by Gasteiger charge is -2.24. The minimum Gasteiger partial charge on any atom is -0.467 e. The Morgan fingerprint density at radius 2 is 1.85 bits per heavy atom. The number of pyridine rings is 1. The molecule has 2 aromatic heterocycles. The molecule has 0 saturated heterocycles. The monoisotopic (exact) mass is 378 g/mol. The Morgan fingerprint density at radius 1 is 1.04 bits per heavy atom. The van der Waals surface area contributed by atoms with Crippen molar-refractivity contribution in [3.63, 3.8) is 0 Å². The van der Waals surface area contributed by atoms with Crippen molar-refractivity contribution in [1.29, 1.82) is 0 Å². The number of benzene rings is 2. The van der Waals surface area contributed by atoms with Crippen LogP contribution in [0.3, 0.4) is 0 Å². The SMILES string of the molecule is Cc1ccc2[nH]c(=O)c(CN(Cc3ccco3)c3ccc(Cl)cc3)cc2c1. The molecule has 1 N–H and O–H groups in total. The summed E-state index contributed by atoms with van der Waals surface area (Å²) < 4.78 is 5.51. The van der Waals surface area contributed by atoms with E-state index >= 15 is 0 Å². The molecule has 0 aliphatic carbocycles. The first-order valence-corrected chi connectivity index (χ1v) is 9.12. The number of nitrogens with one attached hydrogen (secondary N) is 1. The van der Waals surface area contributed by atoms with Gasteiger partial charge in [0, 0.05) is 28.3 Å². The Balaban J connectivity index is 1.72. The molecule has 2 aromatic carbocycles. The standard InChI is InChI=1S/C22H19ClN2O2/c1-15-4-9-21-16(11-15)12-17(22(26)24-21)13-25(14-20-3-2-10-27-20)19-7-5-18(23)6-8-19/h2-12H,13-14H2,1H3,(H,24,26). The third-order valence-corrected chi connectivity index (χ3v) is 4.81.